The Morgan fingerprint density at radius 2 is 2.18 bits per heavy atom. The third-order valence-corrected chi connectivity index (χ3v) is 2.36. The number of carbonyl (C=O) groups is 2. The van der Waals surface area contributed by atoms with Crippen LogP contribution in [0.3, 0.4) is 0 Å². The molecule has 0 radical (unpaired) electrons. The summed E-state index contributed by atoms with van der Waals surface area (Å²) >= 11 is 0. The molecular formula is C9H13N5O3. The van der Waals surface area contributed by atoms with Gasteiger partial charge >= 0.3 is 6.01 Å². The summed E-state index contributed by atoms with van der Waals surface area (Å²) in [5, 5.41) is 9.78. The molecule has 1 aromatic heterocycles. The van der Waals surface area contributed by atoms with E-state index in [1.807, 2.05) is 0 Å². The smallest absolute Gasteiger partial charge is 0.322 e. The van der Waals surface area contributed by atoms with Crippen LogP contribution in [0.25, 0.3) is 0 Å². The molecule has 2 rings (SSSR count). The quantitative estimate of drug-likeness (QED) is 0.608. The van der Waals surface area contributed by atoms with E-state index in [4.69, 9.17) is 15.9 Å². The van der Waals surface area contributed by atoms with Crippen molar-refractivity contribution in [3.63, 3.8) is 0 Å². The fourth-order valence-corrected chi connectivity index (χ4v) is 1.29. The lowest BCUT2D eigenvalue weighted by Gasteiger charge is -2.06. The monoisotopic (exact) mass is 239 g/mol. The van der Waals surface area contributed by atoms with Gasteiger partial charge in [0.2, 0.25) is 17.7 Å². The predicted molar refractivity (Wildman–Crippen MR) is 56.7 cm³/mol. The predicted octanol–water partition coefficient (Wildman–Crippen LogP) is -0.912. The molecule has 0 aliphatic heterocycles. The number of hydrogen-bond acceptors (Lipinski definition) is 6. The number of amides is 2. The van der Waals surface area contributed by atoms with E-state index in [9.17, 15) is 9.59 Å². The summed E-state index contributed by atoms with van der Waals surface area (Å²) in [6.07, 6.45) is 1.82. The van der Waals surface area contributed by atoms with Crippen LogP contribution in [0.5, 0.6) is 0 Å². The van der Waals surface area contributed by atoms with Crippen LogP contribution in [0.15, 0.2) is 4.42 Å². The number of primary amides is 1. The van der Waals surface area contributed by atoms with Crippen molar-refractivity contribution in [3.05, 3.63) is 5.89 Å². The second-order valence-corrected chi connectivity index (χ2v) is 3.99. The zero-order chi connectivity index (χ0) is 12.4. The van der Waals surface area contributed by atoms with Crippen molar-refractivity contribution in [1.82, 2.24) is 10.2 Å². The Balaban J connectivity index is 1.90. The Bertz CT molecular complexity index is 440. The SMILES string of the molecule is NC(=O)CC(N)C(=O)Nc1nnc(C2CC2)o1. The third-order valence-electron chi connectivity index (χ3n) is 2.36. The lowest BCUT2D eigenvalue weighted by Crippen LogP contribution is -2.39. The fourth-order valence-electron chi connectivity index (χ4n) is 1.29. The van der Waals surface area contributed by atoms with Crippen LogP contribution < -0.4 is 16.8 Å². The molecule has 1 saturated carbocycles. The maximum absolute atomic E-state index is 11.5. The standard InChI is InChI=1S/C9H13N5O3/c10-5(3-6(11)15)7(16)12-9-14-13-8(17-9)4-1-2-4/h4-5H,1-3,10H2,(H2,11,15)(H,12,14,16). The van der Waals surface area contributed by atoms with Crippen LogP contribution in [0.1, 0.15) is 31.1 Å². The molecule has 92 valence electrons. The highest BCUT2D eigenvalue weighted by Gasteiger charge is 2.29. The molecule has 1 aliphatic rings. The van der Waals surface area contributed by atoms with Crippen molar-refractivity contribution in [2.45, 2.75) is 31.2 Å². The zero-order valence-corrected chi connectivity index (χ0v) is 9.05. The van der Waals surface area contributed by atoms with Gasteiger partial charge in [-0.2, -0.15) is 0 Å². The van der Waals surface area contributed by atoms with E-state index >= 15 is 0 Å². The highest BCUT2D eigenvalue weighted by molar-refractivity contribution is 5.95. The molecule has 5 N–H and O–H groups in total. The van der Waals surface area contributed by atoms with E-state index in [-0.39, 0.29) is 12.4 Å². The van der Waals surface area contributed by atoms with Crippen LogP contribution in [0.2, 0.25) is 0 Å². The fraction of sp³-hybridized carbons (Fsp3) is 0.556. The molecule has 2 amide bonds. The molecule has 1 fully saturated rings. The summed E-state index contributed by atoms with van der Waals surface area (Å²) in [6.45, 7) is 0. The molecule has 0 saturated heterocycles. The third kappa shape index (κ3) is 3.00. The summed E-state index contributed by atoms with van der Waals surface area (Å²) in [7, 11) is 0. The second kappa shape index (κ2) is 4.50. The molecule has 1 aliphatic carbocycles. The van der Waals surface area contributed by atoms with Crippen molar-refractivity contribution in [3.8, 4) is 0 Å². The van der Waals surface area contributed by atoms with Gasteiger partial charge in [-0.1, -0.05) is 5.10 Å². The van der Waals surface area contributed by atoms with Crippen molar-refractivity contribution in [2.75, 3.05) is 5.32 Å². The first-order valence-electron chi connectivity index (χ1n) is 5.24. The van der Waals surface area contributed by atoms with Crippen LogP contribution in [0.4, 0.5) is 6.01 Å². The van der Waals surface area contributed by atoms with Crippen LogP contribution in [-0.2, 0) is 9.59 Å². The van der Waals surface area contributed by atoms with E-state index in [0.717, 1.165) is 12.8 Å². The summed E-state index contributed by atoms with van der Waals surface area (Å²) in [5.74, 6) is -0.386. The average molecular weight is 239 g/mol. The first-order valence-corrected chi connectivity index (χ1v) is 5.24. The Morgan fingerprint density at radius 1 is 1.47 bits per heavy atom. The molecular weight excluding hydrogens is 226 g/mol. The van der Waals surface area contributed by atoms with Gasteiger partial charge in [0.15, 0.2) is 0 Å². The van der Waals surface area contributed by atoms with Crippen LogP contribution >= 0.6 is 0 Å². The van der Waals surface area contributed by atoms with Crippen LogP contribution in [-0.4, -0.2) is 28.1 Å². The van der Waals surface area contributed by atoms with Gasteiger partial charge in [-0.3, -0.25) is 14.9 Å². The average Bonchev–Trinajstić information content (AvgIpc) is 2.99. The number of aromatic nitrogens is 2. The van der Waals surface area contributed by atoms with Gasteiger partial charge in [0.1, 0.15) is 0 Å². The normalized spacial score (nSPS) is 16.5. The minimum atomic E-state index is -1.01. The molecule has 1 atom stereocenters. The summed E-state index contributed by atoms with van der Waals surface area (Å²) in [4.78, 5) is 22.1. The molecule has 1 aromatic rings. The van der Waals surface area contributed by atoms with Crippen molar-refractivity contribution in [2.24, 2.45) is 11.5 Å². The molecule has 0 bridgehead atoms. The van der Waals surface area contributed by atoms with Gasteiger partial charge in [-0.05, 0) is 12.8 Å². The van der Waals surface area contributed by atoms with Crippen molar-refractivity contribution >= 4 is 17.8 Å². The number of nitrogens with zero attached hydrogens (tertiary/aromatic N) is 2. The summed E-state index contributed by atoms with van der Waals surface area (Å²) < 4.78 is 5.21. The molecule has 8 heteroatoms. The summed E-state index contributed by atoms with van der Waals surface area (Å²) in [6, 6.07) is -1.01. The Labute approximate surface area is 96.7 Å². The van der Waals surface area contributed by atoms with Crippen LogP contribution in [0, 0.1) is 0 Å². The summed E-state index contributed by atoms with van der Waals surface area (Å²) in [5.41, 5.74) is 10.4. The minimum absolute atomic E-state index is 0.00294. The highest BCUT2D eigenvalue weighted by atomic mass is 16.4. The Morgan fingerprint density at radius 3 is 2.76 bits per heavy atom. The number of nitrogens with one attached hydrogen (secondary N) is 1. The van der Waals surface area contributed by atoms with Crippen molar-refractivity contribution in [1.29, 1.82) is 0 Å². The van der Waals surface area contributed by atoms with Gasteiger partial charge < -0.3 is 15.9 Å². The van der Waals surface area contributed by atoms with E-state index in [1.165, 1.54) is 0 Å². The van der Waals surface area contributed by atoms with Gasteiger partial charge in [0.25, 0.3) is 0 Å². The number of nitrogens with two attached hydrogens (primary N) is 2. The van der Waals surface area contributed by atoms with Gasteiger partial charge in [0.05, 0.1) is 12.5 Å². The molecule has 8 nitrogen and oxygen atoms in total. The first-order chi connectivity index (χ1) is 8.06. The number of anilines is 1. The maximum Gasteiger partial charge on any atom is 0.322 e. The van der Waals surface area contributed by atoms with E-state index < -0.39 is 17.9 Å². The second-order valence-electron chi connectivity index (χ2n) is 3.99. The minimum Gasteiger partial charge on any atom is -0.408 e. The zero-order valence-electron chi connectivity index (χ0n) is 9.05. The van der Waals surface area contributed by atoms with E-state index in [2.05, 4.69) is 15.5 Å². The molecule has 17 heavy (non-hydrogen) atoms. The van der Waals surface area contributed by atoms with E-state index in [1.54, 1.807) is 0 Å². The van der Waals surface area contributed by atoms with Gasteiger partial charge in [0, 0.05) is 5.92 Å². The molecule has 0 aromatic carbocycles. The molecule has 0 spiro atoms. The first kappa shape index (κ1) is 11.5. The number of rotatable bonds is 5. The maximum atomic E-state index is 11.5. The molecule has 1 heterocycles. The largest absolute Gasteiger partial charge is 0.408 e. The van der Waals surface area contributed by atoms with E-state index in [0.29, 0.717) is 11.8 Å². The lowest BCUT2D eigenvalue weighted by molar-refractivity contribution is -0.123. The van der Waals surface area contributed by atoms with Gasteiger partial charge in [-0.25, -0.2) is 0 Å². The lowest BCUT2D eigenvalue weighted by atomic mass is 10.2. The van der Waals surface area contributed by atoms with Crippen molar-refractivity contribution < 1.29 is 14.0 Å². The topological polar surface area (TPSA) is 137 Å². The Hall–Kier alpha value is -1.96. The van der Waals surface area contributed by atoms with Gasteiger partial charge in [-0.15, -0.1) is 5.10 Å². The highest BCUT2D eigenvalue weighted by Crippen LogP contribution is 2.39. The number of hydrogen-bond donors (Lipinski definition) is 3. The Kier molecular flexibility index (Phi) is 3.05. The number of carbonyl (C=O) groups excluding carboxylic acids is 2. The molecule has 1 unspecified atom stereocenters.